The largest absolute Gasteiger partial charge is 0.481 e. The zero-order valence-electron chi connectivity index (χ0n) is 12.1. The first-order valence-electron chi connectivity index (χ1n) is 6.75. The van der Waals surface area contributed by atoms with Crippen LogP contribution in [0.2, 0.25) is 0 Å². The number of hydrogen-bond acceptors (Lipinski definition) is 4. The third-order valence-electron chi connectivity index (χ3n) is 2.85. The molecule has 0 radical (unpaired) electrons. The maximum absolute atomic E-state index is 12.1. The van der Waals surface area contributed by atoms with E-state index in [1.807, 2.05) is 13.8 Å². The van der Waals surface area contributed by atoms with Crippen LogP contribution in [0.5, 0.6) is 0 Å². The normalized spacial score (nSPS) is 12.0. The minimum absolute atomic E-state index is 0.00811. The summed E-state index contributed by atoms with van der Waals surface area (Å²) >= 11 is 1.31. The fraction of sp³-hybridized carbons (Fsp3) is 0.500. The Kier molecular flexibility index (Phi) is 6.87. The molecule has 0 aromatic carbocycles. The Morgan fingerprint density at radius 1 is 1.33 bits per heavy atom. The molecule has 1 aromatic heterocycles. The van der Waals surface area contributed by atoms with E-state index in [2.05, 4.69) is 10.6 Å². The van der Waals surface area contributed by atoms with Crippen LogP contribution in [-0.2, 0) is 9.59 Å². The molecule has 1 rings (SSSR count). The molecule has 7 heteroatoms. The lowest BCUT2D eigenvalue weighted by molar-refractivity contribution is -0.137. The molecule has 0 aliphatic heterocycles. The maximum Gasteiger partial charge on any atom is 0.303 e. The SMILES string of the molecule is CC(C)C(NC(=O)c1cccs1)C(=O)NCCCC(=O)O. The Morgan fingerprint density at radius 2 is 2.05 bits per heavy atom. The van der Waals surface area contributed by atoms with Crippen molar-refractivity contribution < 1.29 is 19.5 Å². The number of rotatable bonds is 8. The van der Waals surface area contributed by atoms with Gasteiger partial charge in [0, 0.05) is 13.0 Å². The monoisotopic (exact) mass is 312 g/mol. The zero-order chi connectivity index (χ0) is 15.8. The topological polar surface area (TPSA) is 95.5 Å². The third kappa shape index (κ3) is 5.95. The molecular weight excluding hydrogens is 292 g/mol. The number of nitrogens with one attached hydrogen (secondary N) is 2. The molecule has 1 heterocycles. The van der Waals surface area contributed by atoms with E-state index < -0.39 is 12.0 Å². The van der Waals surface area contributed by atoms with Gasteiger partial charge in [-0.2, -0.15) is 0 Å². The van der Waals surface area contributed by atoms with Crippen LogP contribution < -0.4 is 10.6 Å². The molecule has 0 spiro atoms. The predicted octanol–water partition coefficient (Wildman–Crippen LogP) is 1.48. The number of hydrogen-bond donors (Lipinski definition) is 3. The van der Waals surface area contributed by atoms with Gasteiger partial charge in [-0.05, 0) is 23.8 Å². The first-order chi connectivity index (χ1) is 9.91. The van der Waals surface area contributed by atoms with Gasteiger partial charge in [0.25, 0.3) is 5.91 Å². The molecular formula is C14H20N2O4S. The summed E-state index contributed by atoms with van der Waals surface area (Å²) < 4.78 is 0. The molecule has 1 aromatic rings. The predicted molar refractivity (Wildman–Crippen MR) is 80.3 cm³/mol. The smallest absolute Gasteiger partial charge is 0.303 e. The van der Waals surface area contributed by atoms with E-state index in [0.29, 0.717) is 11.3 Å². The van der Waals surface area contributed by atoms with E-state index >= 15 is 0 Å². The van der Waals surface area contributed by atoms with Crippen LogP contribution in [0.4, 0.5) is 0 Å². The average molecular weight is 312 g/mol. The Labute approximate surface area is 127 Å². The second-order valence-corrected chi connectivity index (χ2v) is 5.91. The average Bonchev–Trinajstić information content (AvgIpc) is 2.93. The Hall–Kier alpha value is -1.89. The van der Waals surface area contributed by atoms with E-state index in [4.69, 9.17) is 5.11 Å². The summed E-state index contributed by atoms with van der Waals surface area (Å²) in [6.07, 6.45) is 0.374. The van der Waals surface area contributed by atoms with Gasteiger partial charge in [-0.25, -0.2) is 0 Å². The second-order valence-electron chi connectivity index (χ2n) is 4.96. The number of carbonyl (C=O) groups is 3. The van der Waals surface area contributed by atoms with Crippen molar-refractivity contribution in [3.05, 3.63) is 22.4 Å². The first kappa shape index (κ1) is 17.2. The number of aliphatic carboxylic acids is 1. The molecule has 0 fully saturated rings. The highest BCUT2D eigenvalue weighted by molar-refractivity contribution is 7.12. The summed E-state index contributed by atoms with van der Waals surface area (Å²) in [5.74, 6) is -1.52. The van der Waals surface area contributed by atoms with Crippen molar-refractivity contribution in [1.29, 1.82) is 0 Å². The molecule has 6 nitrogen and oxygen atoms in total. The van der Waals surface area contributed by atoms with Gasteiger partial charge in [-0.15, -0.1) is 11.3 Å². The lowest BCUT2D eigenvalue weighted by atomic mass is 10.0. The summed E-state index contributed by atoms with van der Waals surface area (Å²) in [5.41, 5.74) is 0. The molecule has 3 N–H and O–H groups in total. The number of amides is 2. The van der Waals surface area contributed by atoms with Crippen molar-refractivity contribution in [2.45, 2.75) is 32.7 Å². The first-order valence-corrected chi connectivity index (χ1v) is 7.63. The molecule has 116 valence electrons. The van der Waals surface area contributed by atoms with Gasteiger partial charge in [-0.3, -0.25) is 14.4 Å². The van der Waals surface area contributed by atoms with Gasteiger partial charge in [-0.1, -0.05) is 19.9 Å². The molecule has 0 aliphatic carbocycles. The highest BCUT2D eigenvalue weighted by Crippen LogP contribution is 2.10. The van der Waals surface area contributed by atoms with Gasteiger partial charge in [0.1, 0.15) is 6.04 Å². The standard InChI is InChI=1S/C14H20N2O4S/c1-9(2)12(14(20)15-7-3-6-11(17)18)16-13(19)10-5-4-8-21-10/h4-5,8-9,12H,3,6-7H2,1-2H3,(H,15,20)(H,16,19)(H,17,18). The summed E-state index contributed by atoms with van der Waals surface area (Å²) in [6.45, 7) is 3.97. The maximum atomic E-state index is 12.1. The van der Waals surface area contributed by atoms with Gasteiger partial charge in [0.05, 0.1) is 4.88 Å². The number of carbonyl (C=O) groups excluding carboxylic acids is 2. The number of carboxylic acids is 1. The van der Waals surface area contributed by atoms with Crippen molar-refractivity contribution >= 4 is 29.1 Å². The van der Waals surface area contributed by atoms with Crippen LogP contribution >= 0.6 is 11.3 Å². The Bertz CT molecular complexity index is 485. The van der Waals surface area contributed by atoms with E-state index in [0.717, 1.165) is 0 Å². The fourth-order valence-electron chi connectivity index (χ4n) is 1.72. The Balaban J connectivity index is 2.50. The highest BCUT2D eigenvalue weighted by Gasteiger charge is 2.24. The molecule has 2 amide bonds. The Morgan fingerprint density at radius 3 is 2.57 bits per heavy atom. The molecule has 21 heavy (non-hydrogen) atoms. The van der Waals surface area contributed by atoms with Crippen molar-refractivity contribution in [3.8, 4) is 0 Å². The van der Waals surface area contributed by atoms with Gasteiger partial charge >= 0.3 is 5.97 Å². The summed E-state index contributed by atoms with van der Waals surface area (Å²) in [5, 5.41) is 15.7. The molecule has 0 saturated heterocycles. The van der Waals surface area contributed by atoms with Crippen LogP contribution in [0, 0.1) is 5.92 Å². The molecule has 1 atom stereocenters. The quantitative estimate of drug-likeness (QED) is 0.634. The summed E-state index contributed by atoms with van der Waals surface area (Å²) in [6, 6.07) is 2.84. The summed E-state index contributed by atoms with van der Waals surface area (Å²) in [7, 11) is 0. The van der Waals surface area contributed by atoms with E-state index in [-0.39, 0.29) is 30.7 Å². The van der Waals surface area contributed by atoms with Crippen molar-refractivity contribution in [2.24, 2.45) is 5.92 Å². The van der Waals surface area contributed by atoms with Crippen LogP contribution in [0.1, 0.15) is 36.4 Å². The van der Waals surface area contributed by atoms with E-state index in [9.17, 15) is 14.4 Å². The lowest BCUT2D eigenvalue weighted by Crippen LogP contribution is -2.49. The van der Waals surface area contributed by atoms with Gasteiger partial charge < -0.3 is 15.7 Å². The lowest BCUT2D eigenvalue weighted by Gasteiger charge is -2.21. The molecule has 0 bridgehead atoms. The molecule has 0 saturated carbocycles. The van der Waals surface area contributed by atoms with Crippen LogP contribution in [0.25, 0.3) is 0 Å². The molecule has 0 aliphatic rings. The van der Waals surface area contributed by atoms with E-state index in [1.54, 1.807) is 17.5 Å². The summed E-state index contributed by atoms with van der Waals surface area (Å²) in [4.78, 5) is 35.0. The van der Waals surface area contributed by atoms with E-state index in [1.165, 1.54) is 11.3 Å². The number of carboxylic acid groups (broad SMARTS) is 1. The highest BCUT2D eigenvalue weighted by atomic mass is 32.1. The zero-order valence-corrected chi connectivity index (χ0v) is 12.9. The fourth-order valence-corrected chi connectivity index (χ4v) is 2.34. The van der Waals surface area contributed by atoms with Crippen molar-refractivity contribution in [3.63, 3.8) is 0 Å². The number of thiophene rings is 1. The second kappa shape index (κ2) is 8.41. The van der Waals surface area contributed by atoms with Crippen LogP contribution in [0.3, 0.4) is 0 Å². The van der Waals surface area contributed by atoms with Crippen molar-refractivity contribution in [2.75, 3.05) is 6.54 Å². The minimum Gasteiger partial charge on any atom is -0.481 e. The minimum atomic E-state index is -0.893. The van der Waals surface area contributed by atoms with Gasteiger partial charge in [0.2, 0.25) is 5.91 Å². The van der Waals surface area contributed by atoms with Crippen LogP contribution in [0.15, 0.2) is 17.5 Å². The molecule has 1 unspecified atom stereocenters. The van der Waals surface area contributed by atoms with Gasteiger partial charge in [0.15, 0.2) is 0 Å². The van der Waals surface area contributed by atoms with Crippen molar-refractivity contribution in [1.82, 2.24) is 10.6 Å². The van der Waals surface area contributed by atoms with Crippen LogP contribution in [-0.4, -0.2) is 35.5 Å². The third-order valence-corrected chi connectivity index (χ3v) is 3.72.